The monoisotopic (exact) mass is 636 g/mol. The topological polar surface area (TPSA) is 85.8 Å². The number of aromatic nitrogens is 2. The fraction of sp³-hybridized carbons (Fsp3) is 0.459. The van der Waals surface area contributed by atoms with Crippen LogP contribution < -0.4 is 20.3 Å². The molecule has 1 spiro atoms. The van der Waals surface area contributed by atoms with Gasteiger partial charge in [-0.2, -0.15) is 9.97 Å². The van der Waals surface area contributed by atoms with Crippen molar-refractivity contribution in [3.05, 3.63) is 53.6 Å². The Labute approximate surface area is 272 Å². The molecule has 5 fully saturated rings. The van der Waals surface area contributed by atoms with Crippen LogP contribution in [0.4, 0.5) is 14.6 Å². The third-order valence-corrected chi connectivity index (χ3v) is 11.3. The average molecular weight is 637 g/mol. The second kappa shape index (κ2) is 10.7. The summed E-state index contributed by atoms with van der Waals surface area (Å²) in [6.07, 6.45) is 11.3. The predicted octanol–water partition coefficient (Wildman–Crippen LogP) is 4.81. The highest BCUT2D eigenvalue weighted by Crippen LogP contribution is 2.48. The minimum absolute atomic E-state index is 0.0212. The highest BCUT2D eigenvalue weighted by molar-refractivity contribution is 6.04. The molecular weight excluding hydrogens is 598 g/mol. The first-order valence-corrected chi connectivity index (χ1v) is 16.8. The zero-order chi connectivity index (χ0) is 31.9. The molecule has 3 N–H and O–H groups in total. The molecule has 9 rings (SSSR count). The lowest BCUT2D eigenvalue weighted by Gasteiger charge is -2.39. The number of ether oxygens (including phenoxy) is 1. The summed E-state index contributed by atoms with van der Waals surface area (Å²) in [4.78, 5) is 14.4. The van der Waals surface area contributed by atoms with Gasteiger partial charge in [-0.05, 0) is 73.9 Å². The number of nitrogens with zero attached hydrogens (tertiary/aromatic N) is 4. The number of halogens is 2. The Morgan fingerprint density at radius 3 is 2.53 bits per heavy atom. The summed E-state index contributed by atoms with van der Waals surface area (Å²) in [6, 6.07) is 10.1. The van der Waals surface area contributed by atoms with E-state index in [1.54, 1.807) is 6.07 Å². The van der Waals surface area contributed by atoms with Crippen molar-refractivity contribution >= 4 is 27.5 Å². The second-order valence-electron chi connectivity index (χ2n) is 14.7. The average Bonchev–Trinajstić information content (AvgIpc) is 3.53. The quantitative estimate of drug-likeness (QED) is 0.250. The van der Waals surface area contributed by atoms with Crippen molar-refractivity contribution in [1.29, 1.82) is 0 Å². The van der Waals surface area contributed by atoms with E-state index in [4.69, 9.17) is 21.1 Å². The van der Waals surface area contributed by atoms with Gasteiger partial charge in [-0.15, -0.1) is 6.42 Å². The minimum Gasteiger partial charge on any atom is -0.508 e. The summed E-state index contributed by atoms with van der Waals surface area (Å²) >= 11 is 0. The lowest BCUT2D eigenvalue weighted by molar-refractivity contribution is 0.137. The number of anilines is 1. The first-order chi connectivity index (χ1) is 22.8. The molecule has 1 aliphatic carbocycles. The molecule has 5 aliphatic rings. The van der Waals surface area contributed by atoms with Crippen LogP contribution in [0.25, 0.3) is 32.8 Å². The Bertz CT molecular complexity index is 1960. The van der Waals surface area contributed by atoms with Gasteiger partial charge >= 0.3 is 6.01 Å². The van der Waals surface area contributed by atoms with Crippen LogP contribution in [-0.2, 0) is 0 Å². The van der Waals surface area contributed by atoms with Crippen LogP contribution in [0, 0.1) is 34.8 Å². The van der Waals surface area contributed by atoms with E-state index in [9.17, 15) is 9.50 Å². The summed E-state index contributed by atoms with van der Waals surface area (Å²) in [7, 11) is 0. The number of piperazine rings is 1. The van der Waals surface area contributed by atoms with Gasteiger partial charge in [0.25, 0.3) is 0 Å². The van der Waals surface area contributed by atoms with Crippen molar-refractivity contribution in [2.45, 2.75) is 44.2 Å². The van der Waals surface area contributed by atoms with Crippen molar-refractivity contribution in [2.75, 3.05) is 57.3 Å². The normalized spacial score (nSPS) is 24.1. The molecule has 47 heavy (non-hydrogen) atoms. The number of rotatable bonds is 7. The number of likely N-dealkylation sites (tertiary alicyclic amines) is 1. The van der Waals surface area contributed by atoms with Crippen molar-refractivity contribution in [3.63, 3.8) is 0 Å². The molecule has 4 saturated heterocycles. The van der Waals surface area contributed by atoms with Crippen molar-refractivity contribution in [3.8, 4) is 35.2 Å². The van der Waals surface area contributed by atoms with E-state index >= 15 is 4.39 Å². The smallest absolute Gasteiger partial charge is 0.319 e. The Morgan fingerprint density at radius 1 is 1.02 bits per heavy atom. The number of hydrogen-bond acceptors (Lipinski definition) is 8. The van der Waals surface area contributed by atoms with E-state index in [-0.39, 0.29) is 33.8 Å². The van der Waals surface area contributed by atoms with E-state index in [0.717, 1.165) is 71.5 Å². The van der Waals surface area contributed by atoms with Gasteiger partial charge in [0.1, 0.15) is 22.9 Å². The maximum absolute atomic E-state index is 16.9. The van der Waals surface area contributed by atoms with Gasteiger partial charge < -0.3 is 30.3 Å². The van der Waals surface area contributed by atoms with Crippen LogP contribution in [-0.4, -0.2) is 84.5 Å². The zero-order valence-electron chi connectivity index (χ0n) is 26.3. The molecule has 8 nitrogen and oxygen atoms in total. The molecule has 2 unspecified atom stereocenters. The maximum atomic E-state index is 16.9. The first-order valence-electron chi connectivity index (χ1n) is 16.8. The SMILES string of the molecule is C#Cc1c(F)ccc2cc(O)cc(-c3ccc4c(N5CC6CCC(C5)N6)nc(OCC5(CN6CCC7(CNC7)C6)CC5)nc4c3F)c12. The standard InChI is InChI=1S/C37H38F2N6O2/c1-2-26-30(38)8-3-22-13-25(46)14-29(31(22)26)27-6-7-28-33(32(27)39)42-35(43-34(28)45-15-23-4-5-24(16-45)41-23)47-21-36(9-10-36)19-44-12-11-37(20-44)17-40-18-37/h1,3,6-8,13-14,23-24,40-41,46H,4-5,9-12,15-21H2. The highest BCUT2D eigenvalue weighted by atomic mass is 19.1. The molecule has 5 heterocycles. The Kier molecular flexibility index (Phi) is 6.66. The summed E-state index contributed by atoms with van der Waals surface area (Å²) in [5.74, 6) is 1.85. The third-order valence-electron chi connectivity index (χ3n) is 11.3. The van der Waals surface area contributed by atoms with Gasteiger partial charge in [0, 0.05) is 78.5 Å². The van der Waals surface area contributed by atoms with E-state index in [2.05, 4.69) is 26.4 Å². The van der Waals surface area contributed by atoms with E-state index < -0.39 is 11.6 Å². The molecule has 242 valence electrons. The van der Waals surface area contributed by atoms with Gasteiger partial charge in [0.05, 0.1) is 12.2 Å². The number of hydrogen-bond donors (Lipinski definition) is 3. The molecule has 2 atom stereocenters. The van der Waals surface area contributed by atoms with E-state index in [1.165, 1.54) is 30.7 Å². The van der Waals surface area contributed by atoms with E-state index in [1.807, 2.05) is 6.07 Å². The number of terminal acetylenes is 1. The van der Waals surface area contributed by atoms with Gasteiger partial charge in [-0.1, -0.05) is 18.1 Å². The van der Waals surface area contributed by atoms with Gasteiger partial charge in [0.2, 0.25) is 0 Å². The zero-order valence-corrected chi connectivity index (χ0v) is 26.3. The van der Waals surface area contributed by atoms with Gasteiger partial charge in [-0.25, -0.2) is 8.78 Å². The number of nitrogens with one attached hydrogen (secondary N) is 2. The van der Waals surface area contributed by atoms with Crippen LogP contribution in [0.3, 0.4) is 0 Å². The van der Waals surface area contributed by atoms with Crippen LogP contribution in [0.1, 0.15) is 37.7 Å². The fourth-order valence-electron chi connectivity index (χ4n) is 8.53. The Balaban J connectivity index is 1.11. The lowest BCUT2D eigenvalue weighted by atomic mass is 9.81. The predicted molar refractivity (Wildman–Crippen MR) is 178 cm³/mol. The molecule has 1 aromatic heterocycles. The Morgan fingerprint density at radius 2 is 1.83 bits per heavy atom. The third kappa shape index (κ3) is 4.98. The summed E-state index contributed by atoms with van der Waals surface area (Å²) < 4.78 is 38.2. The fourth-order valence-corrected chi connectivity index (χ4v) is 8.53. The molecular formula is C37H38F2N6O2. The van der Waals surface area contributed by atoms with Crippen molar-refractivity contribution in [2.24, 2.45) is 10.8 Å². The molecule has 0 radical (unpaired) electrons. The summed E-state index contributed by atoms with van der Waals surface area (Å²) in [6.45, 7) is 7.48. The first kappa shape index (κ1) is 29.1. The van der Waals surface area contributed by atoms with E-state index in [0.29, 0.717) is 51.6 Å². The molecule has 0 amide bonds. The number of phenolic OH excluding ortho intramolecular Hbond substituents is 1. The van der Waals surface area contributed by atoms with Crippen LogP contribution in [0.15, 0.2) is 36.4 Å². The molecule has 1 saturated carbocycles. The van der Waals surface area contributed by atoms with Gasteiger partial charge in [-0.3, -0.25) is 0 Å². The molecule has 10 heteroatoms. The highest BCUT2D eigenvalue weighted by Gasteiger charge is 2.49. The number of aromatic hydroxyl groups is 1. The van der Waals surface area contributed by atoms with Crippen LogP contribution in [0.5, 0.6) is 11.8 Å². The second-order valence-corrected chi connectivity index (χ2v) is 14.7. The maximum Gasteiger partial charge on any atom is 0.319 e. The van der Waals surface area contributed by atoms with Crippen molar-refractivity contribution < 1.29 is 18.6 Å². The molecule has 4 aliphatic heterocycles. The molecule has 2 bridgehead atoms. The van der Waals surface area contributed by atoms with Crippen LogP contribution >= 0.6 is 0 Å². The van der Waals surface area contributed by atoms with Crippen LogP contribution in [0.2, 0.25) is 0 Å². The minimum atomic E-state index is -0.592. The number of benzene rings is 3. The summed E-state index contributed by atoms with van der Waals surface area (Å²) in [5.41, 5.74) is 1.13. The van der Waals surface area contributed by atoms with Gasteiger partial charge in [0.15, 0.2) is 5.82 Å². The molecule has 3 aromatic carbocycles. The lowest BCUT2D eigenvalue weighted by Crippen LogP contribution is -2.54. The number of fused-ring (bicyclic) bond motifs is 4. The summed E-state index contributed by atoms with van der Waals surface area (Å²) in [5, 5.41) is 19.2. The number of phenols is 1. The molecule has 4 aromatic rings. The Hall–Kier alpha value is -4.04. The van der Waals surface area contributed by atoms with Crippen molar-refractivity contribution in [1.82, 2.24) is 25.5 Å². The largest absolute Gasteiger partial charge is 0.508 e.